The van der Waals surface area contributed by atoms with Crippen molar-refractivity contribution >= 4 is 5.69 Å². The zero-order chi connectivity index (χ0) is 14.7. The summed E-state index contributed by atoms with van der Waals surface area (Å²) >= 11 is 0. The highest BCUT2D eigenvalue weighted by Gasteiger charge is 2.21. The number of benzene rings is 1. The lowest BCUT2D eigenvalue weighted by atomic mass is 10.0. The zero-order valence-electron chi connectivity index (χ0n) is 13.5. The Morgan fingerprint density at radius 2 is 1.85 bits per heavy atom. The molecule has 0 atom stereocenters. The Balaban J connectivity index is 2.01. The molecule has 1 fully saturated rings. The van der Waals surface area contributed by atoms with Crippen molar-refractivity contribution in [3.63, 3.8) is 0 Å². The minimum absolute atomic E-state index is 0.580. The summed E-state index contributed by atoms with van der Waals surface area (Å²) in [5.74, 6) is 1.01. The Hall–Kier alpha value is -1.22. The Morgan fingerprint density at radius 3 is 2.40 bits per heavy atom. The monoisotopic (exact) mass is 276 g/mol. The van der Waals surface area contributed by atoms with Crippen molar-refractivity contribution in [2.75, 3.05) is 25.5 Å². The third kappa shape index (κ3) is 3.26. The molecule has 20 heavy (non-hydrogen) atoms. The fourth-order valence-electron chi connectivity index (χ4n) is 3.08. The molecule has 0 saturated carbocycles. The minimum atomic E-state index is 0.580. The second-order valence-corrected chi connectivity index (χ2v) is 6.14. The molecule has 0 radical (unpaired) electrons. The molecule has 1 saturated heterocycles. The molecule has 0 aliphatic carbocycles. The smallest absolute Gasteiger partial charge is 0.126 e. The molecule has 1 aromatic rings. The highest BCUT2D eigenvalue weighted by Crippen LogP contribution is 2.30. The molecule has 1 aliphatic rings. The minimum Gasteiger partial charge on any atom is -0.496 e. The average molecular weight is 276 g/mol. The van der Waals surface area contributed by atoms with Crippen LogP contribution in [0.25, 0.3) is 0 Å². The van der Waals surface area contributed by atoms with Gasteiger partial charge in [0, 0.05) is 36.4 Å². The van der Waals surface area contributed by atoms with Gasteiger partial charge in [-0.1, -0.05) is 6.07 Å². The Morgan fingerprint density at radius 1 is 1.20 bits per heavy atom. The second kappa shape index (κ2) is 6.49. The number of nitrogens with one attached hydrogen (secondary N) is 1. The predicted octanol–water partition coefficient (Wildman–Crippen LogP) is 3.60. The van der Waals surface area contributed by atoms with Gasteiger partial charge in [-0.2, -0.15) is 0 Å². The van der Waals surface area contributed by atoms with E-state index in [4.69, 9.17) is 4.74 Å². The first-order valence-electron chi connectivity index (χ1n) is 7.67. The van der Waals surface area contributed by atoms with Gasteiger partial charge in [-0.25, -0.2) is 0 Å². The number of ether oxygens (including phenoxy) is 1. The standard InChI is InChI=1S/C17H28N2O/c1-12(2)19-10-8-15(9-11-19)18-16-7-6-13(3)17(20-5)14(16)4/h6-7,12,15,18H,8-11H2,1-5H3. The number of piperidine rings is 1. The Kier molecular flexibility index (Phi) is 4.92. The van der Waals surface area contributed by atoms with Gasteiger partial charge in [0.2, 0.25) is 0 Å². The molecule has 2 rings (SSSR count). The molecule has 0 aromatic heterocycles. The number of rotatable bonds is 4. The van der Waals surface area contributed by atoms with E-state index in [2.05, 4.69) is 50.0 Å². The summed E-state index contributed by atoms with van der Waals surface area (Å²) in [6.45, 7) is 11.2. The van der Waals surface area contributed by atoms with Crippen LogP contribution in [0.2, 0.25) is 0 Å². The van der Waals surface area contributed by atoms with E-state index in [1.54, 1.807) is 7.11 Å². The van der Waals surface area contributed by atoms with E-state index in [1.807, 2.05) is 0 Å². The van der Waals surface area contributed by atoms with Crippen LogP contribution in [-0.2, 0) is 0 Å². The van der Waals surface area contributed by atoms with Gasteiger partial charge in [0.15, 0.2) is 0 Å². The number of nitrogens with zero attached hydrogens (tertiary/aromatic N) is 1. The molecule has 1 N–H and O–H groups in total. The van der Waals surface area contributed by atoms with Gasteiger partial charge in [-0.3, -0.25) is 0 Å². The van der Waals surface area contributed by atoms with Crippen molar-refractivity contribution in [2.24, 2.45) is 0 Å². The van der Waals surface area contributed by atoms with Gasteiger partial charge in [0.05, 0.1) is 7.11 Å². The summed E-state index contributed by atoms with van der Waals surface area (Å²) in [7, 11) is 1.75. The topological polar surface area (TPSA) is 24.5 Å². The maximum absolute atomic E-state index is 5.51. The fraction of sp³-hybridized carbons (Fsp3) is 0.647. The maximum Gasteiger partial charge on any atom is 0.126 e. The van der Waals surface area contributed by atoms with E-state index in [0.717, 1.165) is 5.75 Å². The molecule has 0 amide bonds. The largest absolute Gasteiger partial charge is 0.496 e. The summed E-state index contributed by atoms with van der Waals surface area (Å²) in [5, 5.41) is 3.70. The van der Waals surface area contributed by atoms with Crippen LogP contribution in [-0.4, -0.2) is 37.2 Å². The van der Waals surface area contributed by atoms with Gasteiger partial charge < -0.3 is 15.0 Å². The molecule has 3 heteroatoms. The summed E-state index contributed by atoms with van der Waals surface area (Å²) in [4.78, 5) is 2.56. The van der Waals surface area contributed by atoms with Crippen molar-refractivity contribution < 1.29 is 4.74 Å². The first-order valence-corrected chi connectivity index (χ1v) is 7.67. The van der Waals surface area contributed by atoms with Crippen LogP contribution < -0.4 is 10.1 Å². The van der Waals surface area contributed by atoms with Crippen LogP contribution in [0, 0.1) is 13.8 Å². The van der Waals surface area contributed by atoms with Gasteiger partial charge in [0.1, 0.15) is 5.75 Å². The molecule has 1 aliphatic heterocycles. The molecule has 0 unspecified atom stereocenters. The highest BCUT2D eigenvalue weighted by atomic mass is 16.5. The van der Waals surface area contributed by atoms with E-state index < -0.39 is 0 Å². The van der Waals surface area contributed by atoms with Gasteiger partial charge >= 0.3 is 0 Å². The number of hydrogen-bond acceptors (Lipinski definition) is 3. The number of hydrogen-bond donors (Lipinski definition) is 1. The van der Waals surface area contributed by atoms with Crippen molar-refractivity contribution in [2.45, 2.75) is 52.6 Å². The average Bonchev–Trinajstić information content (AvgIpc) is 2.43. The van der Waals surface area contributed by atoms with E-state index in [0.29, 0.717) is 12.1 Å². The van der Waals surface area contributed by atoms with E-state index >= 15 is 0 Å². The molecule has 1 heterocycles. The van der Waals surface area contributed by atoms with Crippen molar-refractivity contribution in [1.29, 1.82) is 0 Å². The number of likely N-dealkylation sites (tertiary alicyclic amines) is 1. The Labute approximate surface area is 123 Å². The normalized spacial score (nSPS) is 17.5. The van der Waals surface area contributed by atoms with Crippen LogP contribution in [0.5, 0.6) is 5.75 Å². The molecule has 0 bridgehead atoms. The van der Waals surface area contributed by atoms with Crippen molar-refractivity contribution in [3.05, 3.63) is 23.3 Å². The third-order valence-electron chi connectivity index (χ3n) is 4.43. The second-order valence-electron chi connectivity index (χ2n) is 6.14. The number of methoxy groups -OCH3 is 1. The van der Waals surface area contributed by atoms with E-state index in [9.17, 15) is 0 Å². The molecular formula is C17H28N2O. The quantitative estimate of drug-likeness (QED) is 0.909. The summed E-state index contributed by atoms with van der Waals surface area (Å²) in [5.41, 5.74) is 3.64. The van der Waals surface area contributed by atoms with E-state index in [-0.39, 0.29) is 0 Å². The highest BCUT2D eigenvalue weighted by molar-refractivity contribution is 5.60. The molecule has 112 valence electrons. The fourth-order valence-corrected chi connectivity index (χ4v) is 3.08. The first-order chi connectivity index (χ1) is 9.52. The van der Waals surface area contributed by atoms with Crippen LogP contribution in [0.3, 0.4) is 0 Å². The van der Waals surface area contributed by atoms with Crippen LogP contribution in [0.1, 0.15) is 37.8 Å². The van der Waals surface area contributed by atoms with Crippen LogP contribution in [0.15, 0.2) is 12.1 Å². The third-order valence-corrected chi connectivity index (χ3v) is 4.43. The first kappa shape index (κ1) is 15.2. The van der Waals surface area contributed by atoms with Gasteiger partial charge in [0.25, 0.3) is 0 Å². The number of aryl methyl sites for hydroxylation is 1. The maximum atomic E-state index is 5.51. The lowest BCUT2D eigenvalue weighted by Gasteiger charge is -2.35. The summed E-state index contributed by atoms with van der Waals surface area (Å²) < 4.78 is 5.51. The van der Waals surface area contributed by atoms with Crippen LogP contribution in [0.4, 0.5) is 5.69 Å². The molecule has 0 spiro atoms. The molecule has 1 aromatic carbocycles. The molecule has 3 nitrogen and oxygen atoms in total. The van der Waals surface area contributed by atoms with Crippen LogP contribution >= 0.6 is 0 Å². The molecular weight excluding hydrogens is 248 g/mol. The number of anilines is 1. The zero-order valence-corrected chi connectivity index (χ0v) is 13.5. The van der Waals surface area contributed by atoms with Gasteiger partial charge in [-0.05, 0) is 52.2 Å². The lowest BCUT2D eigenvalue weighted by Crippen LogP contribution is -2.42. The SMILES string of the molecule is COc1c(C)ccc(NC2CCN(C(C)C)CC2)c1C. The summed E-state index contributed by atoms with van der Waals surface area (Å²) in [6.07, 6.45) is 2.43. The van der Waals surface area contributed by atoms with Gasteiger partial charge in [-0.15, -0.1) is 0 Å². The summed E-state index contributed by atoms with van der Waals surface area (Å²) in [6, 6.07) is 5.56. The van der Waals surface area contributed by atoms with E-state index in [1.165, 1.54) is 42.7 Å². The Bertz CT molecular complexity index is 449. The lowest BCUT2D eigenvalue weighted by molar-refractivity contribution is 0.177. The van der Waals surface area contributed by atoms with Crippen molar-refractivity contribution in [3.8, 4) is 5.75 Å². The predicted molar refractivity (Wildman–Crippen MR) is 85.8 cm³/mol. The van der Waals surface area contributed by atoms with Crippen molar-refractivity contribution in [1.82, 2.24) is 4.90 Å².